The Morgan fingerprint density at radius 2 is 1.97 bits per heavy atom. The van der Waals surface area contributed by atoms with Crippen molar-refractivity contribution in [2.24, 2.45) is 0 Å². The van der Waals surface area contributed by atoms with E-state index in [1.807, 2.05) is 0 Å². The maximum absolute atomic E-state index is 15.3. The molecule has 4 aromatic rings. The molecule has 0 spiro atoms. The molecule has 1 unspecified atom stereocenters. The van der Waals surface area contributed by atoms with Crippen molar-refractivity contribution in [1.29, 1.82) is 0 Å². The Morgan fingerprint density at radius 3 is 2.64 bits per heavy atom. The number of aromatic nitrogens is 5. The maximum Gasteiger partial charge on any atom is 0.471 e. The topological polar surface area (TPSA) is 117 Å². The number of fused-ring (bicyclic) bond motifs is 2. The lowest BCUT2D eigenvalue weighted by molar-refractivity contribution is -0.174. The van der Waals surface area contributed by atoms with Crippen LogP contribution in [0.1, 0.15) is 25.5 Å². The van der Waals surface area contributed by atoms with Gasteiger partial charge in [-0.1, -0.05) is 11.6 Å². The van der Waals surface area contributed by atoms with Gasteiger partial charge in [0.25, 0.3) is 0 Å². The van der Waals surface area contributed by atoms with Gasteiger partial charge in [-0.2, -0.15) is 18.3 Å². The predicted molar refractivity (Wildman–Crippen MR) is 110 cm³/mol. The van der Waals surface area contributed by atoms with E-state index in [1.54, 1.807) is 5.32 Å². The fourth-order valence-corrected chi connectivity index (χ4v) is 3.71. The van der Waals surface area contributed by atoms with E-state index in [1.165, 1.54) is 43.0 Å². The highest BCUT2D eigenvalue weighted by Crippen LogP contribution is 2.40. The van der Waals surface area contributed by atoms with E-state index in [2.05, 4.69) is 25.5 Å². The zero-order chi connectivity index (χ0) is 24.1. The first-order chi connectivity index (χ1) is 15.5. The molecule has 0 bridgehead atoms. The minimum Gasteiger partial charge on any atom is -0.342 e. The summed E-state index contributed by atoms with van der Waals surface area (Å²) in [5.74, 6) is -3.30. The molecule has 9 nitrogen and oxygen atoms in total. The number of nitrogens with one attached hydrogen (secondary N) is 3. The Labute approximate surface area is 187 Å². The lowest BCUT2D eigenvalue weighted by atomic mass is 9.98. The quantitative estimate of drug-likeness (QED) is 0.382. The molecule has 0 saturated heterocycles. The van der Waals surface area contributed by atoms with Crippen LogP contribution in [0.3, 0.4) is 0 Å². The van der Waals surface area contributed by atoms with Crippen LogP contribution >= 0.6 is 11.6 Å². The number of carbonyl (C=O) groups excluding carboxylic acids is 2. The monoisotopic (exact) mass is 483 g/mol. The molecule has 172 valence electrons. The Balaban J connectivity index is 1.83. The SMILES string of the molecule is CC(=O)Nc1cn2cc(-c3c(Cl)c(F)c(C(C)NC(=O)C(F)(F)F)c4[nH]ncc34)ncc2n1. The highest BCUT2D eigenvalue weighted by molar-refractivity contribution is 6.35. The van der Waals surface area contributed by atoms with Gasteiger partial charge < -0.3 is 15.0 Å². The molecule has 33 heavy (non-hydrogen) atoms. The van der Waals surface area contributed by atoms with Crippen LogP contribution in [0.25, 0.3) is 27.8 Å². The summed E-state index contributed by atoms with van der Waals surface area (Å²) in [5.41, 5.74) is 0.497. The van der Waals surface area contributed by atoms with E-state index in [0.717, 1.165) is 0 Å². The molecule has 3 heterocycles. The molecule has 0 radical (unpaired) electrons. The van der Waals surface area contributed by atoms with E-state index in [0.29, 0.717) is 5.65 Å². The number of amides is 2. The predicted octanol–water partition coefficient (Wildman–Crippen LogP) is 3.76. The summed E-state index contributed by atoms with van der Waals surface area (Å²) in [5, 5.41) is 10.5. The first kappa shape index (κ1) is 22.5. The van der Waals surface area contributed by atoms with Gasteiger partial charge in [-0.25, -0.2) is 9.37 Å². The molecule has 0 aliphatic heterocycles. The van der Waals surface area contributed by atoms with Crippen LogP contribution in [0.15, 0.2) is 24.8 Å². The van der Waals surface area contributed by atoms with Crippen LogP contribution in [-0.2, 0) is 9.59 Å². The van der Waals surface area contributed by atoms with Gasteiger partial charge >= 0.3 is 12.1 Å². The van der Waals surface area contributed by atoms with Crippen molar-refractivity contribution in [1.82, 2.24) is 29.9 Å². The summed E-state index contributed by atoms with van der Waals surface area (Å²) in [7, 11) is 0. The van der Waals surface area contributed by atoms with Crippen LogP contribution in [-0.4, -0.2) is 42.6 Å². The van der Waals surface area contributed by atoms with Crippen molar-refractivity contribution < 1.29 is 27.2 Å². The van der Waals surface area contributed by atoms with Crippen LogP contribution in [0.5, 0.6) is 0 Å². The summed E-state index contributed by atoms with van der Waals surface area (Å²) in [4.78, 5) is 31.0. The van der Waals surface area contributed by atoms with Crippen molar-refractivity contribution in [3.63, 3.8) is 0 Å². The van der Waals surface area contributed by atoms with Crippen molar-refractivity contribution in [3.8, 4) is 11.3 Å². The van der Waals surface area contributed by atoms with Crippen molar-refractivity contribution in [3.05, 3.63) is 41.2 Å². The molecule has 0 aliphatic rings. The molecular formula is C19H14ClF4N7O2. The minimum absolute atomic E-state index is 0.0494. The van der Waals surface area contributed by atoms with E-state index in [4.69, 9.17) is 11.6 Å². The number of carbonyl (C=O) groups is 2. The summed E-state index contributed by atoms with van der Waals surface area (Å²) in [6.45, 7) is 2.52. The minimum atomic E-state index is -5.14. The summed E-state index contributed by atoms with van der Waals surface area (Å²) >= 11 is 6.29. The Morgan fingerprint density at radius 1 is 1.24 bits per heavy atom. The number of imidazole rings is 1. The molecule has 4 rings (SSSR count). The van der Waals surface area contributed by atoms with Gasteiger partial charge in [0.15, 0.2) is 11.5 Å². The van der Waals surface area contributed by atoms with E-state index < -0.39 is 29.0 Å². The summed E-state index contributed by atoms with van der Waals surface area (Å²) < 4.78 is 54.8. The molecule has 3 N–H and O–H groups in total. The summed E-state index contributed by atoms with van der Waals surface area (Å²) in [6.07, 6.45) is 0.570. The van der Waals surface area contributed by atoms with Gasteiger partial charge in [0.05, 0.1) is 40.9 Å². The number of hydrogen-bond donors (Lipinski definition) is 3. The first-order valence-corrected chi connectivity index (χ1v) is 9.69. The lowest BCUT2D eigenvalue weighted by Gasteiger charge is -2.19. The van der Waals surface area contributed by atoms with Gasteiger partial charge in [0, 0.05) is 29.6 Å². The van der Waals surface area contributed by atoms with E-state index in [-0.39, 0.29) is 39.4 Å². The lowest BCUT2D eigenvalue weighted by Crippen LogP contribution is -2.38. The van der Waals surface area contributed by atoms with Crippen molar-refractivity contribution >= 4 is 45.8 Å². The zero-order valence-electron chi connectivity index (χ0n) is 16.9. The Bertz CT molecular complexity index is 1410. The fraction of sp³-hybridized carbons (Fsp3) is 0.211. The van der Waals surface area contributed by atoms with Crippen molar-refractivity contribution in [2.45, 2.75) is 26.1 Å². The molecular weight excluding hydrogens is 470 g/mol. The number of nitrogens with zero attached hydrogens (tertiary/aromatic N) is 4. The van der Waals surface area contributed by atoms with Gasteiger partial charge in [0.2, 0.25) is 5.91 Å². The Hall–Kier alpha value is -3.74. The highest BCUT2D eigenvalue weighted by Gasteiger charge is 2.40. The average Bonchev–Trinajstić information content (AvgIpc) is 3.33. The number of alkyl halides is 3. The standard InChI is InChI=1S/C19H14ClF4N7O2/c1-7(27-18(33)19(22,23)24)13-16(21)15(20)14(9-3-26-30-17(9)13)10-5-31-6-11(28-8(2)32)29-12(31)4-25-10/h3-7H,1-2H3,(H,26,30)(H,27,33)(H,28,32). The normalized spacial score (nSPS) is 12.8. The Kier molecular flexibility index (Phi) is 5.44. The van der Waals surface area contributed by atoms with Gasteiger partial charge in [-0.15, -0.1) is 0 Å². The third-order valence-corrected chi connectivity index (χ3v) is 5.12. The number of aromatic amines is 1. The number of H-pyrrole nitrogens is 1. The van der Waals surface area contributed by atoms with Gasteiger partial charge in [-0.3, -0.25) is 19.7 Å². The van der Waals surface area contributed by atoms with E-state index >= 15 is 4.39 Å². The fourth-order valence-electron chi connectivity index (χ4n) is 3.41. The number of hydrogen-bond acceptors (Lipinski definition) is 5. The van der Waals surface area contributed by atoms with Gasteiger partial charge in [-0.05, 0) is 6.92 Å². The average molecular weight is 484 g/mol. The molecule has 0 fully saturated rings. The van der Waals surface area contributed by atoms with Gasteiger partial charge in [0.1, 0.15) is 5.82 Å². The molecule has 1 atom stereocenters. The van der Waals surface area contributed by atoms with Crippen LogP contribution in [0, 0.1) is 5.82 Å². The number of rotatable bonds is 4. The largest absolute Gasteiger partial charge is 0.471 e. The second-order valence-electron chi connectivity index (χ2n) is 7.11. The molecule has 0 saturated carbocycles. The zero-order valence-corrected chi connectivity index (χ0v) is 17.6. The molecule has 1 aromatic carbocycles. The smallest absolute Gasteiger partial charge is 0.342 e. The molecule has 0 aliphatic carbocycles. The second-order valence-corrected chi connectivity index (χ2v) is 7.49. The maximum atomic E-state index is 15.3. The van der Waals surface area contributed by atoms with Crippen LogP contribution in [0.2, 0.25) is 5.02 Å². The molecule has 3 aromatic heterocycles. The number of benzene rings is 1. The van der Waals surface area contributed by atoms with E-state index in [9.17, 15) is 22.8 Å². The number of halogens is 5. The van der Waals surface area contributed by atoms with Crippen LogP contribution < -0.4 is 10.6 Å². The molecule has 2 amide bonds. The second kappa shape index (κ2) is 7.99. The first-order valence-electron chi connectivity index (χ1n) is 9.31. The summed E-state index contributed by atoms with van der Waals surface area (Å²) in [6, 6.07) is -1.38. The molecule has 14 heteroatoms. The number of anilines is 1. The van der Waals surface area contributed by atoms with Crippen LogP contribution in [0.4, 0.5) is 23.4 Å². The van der Waals surface area contributed by atoms with Crippen molar-refractivity contribution in [2.75, 3.05) is 5.32 Å². The highest BCUT2D eigenvalue weighted by atomic mass is 35.5. The third kappa shape index (κ3) is 4.06. The third-order valence-electron chi connectivity index (χ3n) is 4.77.